The molecule has 1 aliphatic carbocycles. The molecule has 1 fully saturated rings. The highest BCUT2D eigenvalue weighted by Gasteiger charge is 2.43. The molecule has 1 aromatic carbocycles. The van der Waals surface area contributed by atoms with E-state index in [1.807, 2.05) is 18.2 Å². The number of unbranched alkanes of at least 4 members (excludes halogenated alkanes) is 1. The van der Waals surface area contributed by atoms with Crippen LogP contribution in [0.5, 0.6) is 0 Å². The van der Waals surface area contributed by atoms with Crippen molar-refractivity contribution in [2.24, 2.45) is 11.8 Å². The Balaban J connectivity index is 1.87. The molecule has 0 unspecified atom stereocenters. The molecule has 2 N–H and O–H groups in total. The van der Waals surface area contributed by atoms with Gasteiger partial charge in [0.05, 0.1) is 12.2 Å². The Morgan fingerprint density at radius 3 is 2.55 bits per heavy atom. The number of esters is 1. The number of carbonyl (C=O) groups is 2. The second-order valence-corrected chi connectivity index (χ2v) is 8.84. The van der Waals surface area contributed by atoms with Crippen molar-refractivity contribution in [2.75, 3.05) is 0 Å². The first-order chi connectivity index (χ1) is 14.9. The zero-order valence-corrected chi connectivity index (χ0v) is 18.9. The highest BCUT2D eigenvalue weighted by atomic mass is 16.5. The summed E-state index contributed by atoms with van der Waals surface area (Å²) in [7, 11) is 0. The number of benzene rings is 1. The van der Waals surface area contributed by atoms with E-state index >= 15 is 0 Å². The van der Waals surface area contributed by atoms with Crippen molar-refractivity contribution in [3.05, 3.63) is 48.0 Å². The Kier molecular flexibility index (Phi) is 11.0. The van der Waals surface area contributed by atoms with Gasteiger partial charge in [0.15, 0.2) is 0 Å². The Hall–Kier alpha value is -1.98. The molecule has 0 spiro atoms. The molecule has 1 saturated carbocycles. The van der Waals surface area contributed by atoms with Crippen molar-refractivity contribution >= 4 is 11.8 Å². The number of carbonyl (C=O) groups excluding carboxylic acids is 2. The van der Waals surface area contributed by atoms with Crippen LogP contribution in [0.15, 0.2) is 42.5 Å². The minimum atomic E-state index is -0.526. The summed E-state index contributed by atoms with van der Waals surface area (Å²) in [5.74, 6) is -0.0776. The minimum Gasteiger partial charge on any atom is -0.462 e. The second kappa shape index (κ2) is 13.4. The van der Waals surface area contributed by atoms with E-state index in [1.54, 1.807) is 6.92 Å². The molecular weight excluding hydrogens is 392 g/mol. The Morgan fingerprint density at radius 1 is 1.13 bits per heavy atom. The van der Waals surface area contributed by atoms with E-state index < -0.39 is 12.2 Å². The maximum absolute atomic E-state index is 11.5. The molecule has 172 valence electrons. The number of hydrogen-bond donors (Lipinski definition) is 2. The number of aliphatic hydroxyl groups excluding tert-OH is 2. The molecule has 1 aromatic rings. The van der Waals surface area contributed by atoms with Crippen LogP contribution in [0.1, 0.15) is 70.8 Å². The van der Waals surface area contributed by atoms with Crippen LogP contribution in [0.3, 0.4) is 0 Å². The smallest absolute Gasteiger partial charge is 0.302 e. The fourth-order valence-corrected chi connectivity index (χ4v) is 4.58. The van der Waals surface area contributed by atoms with Gasteiger partial charge in [-0.15, -0.1) is 0 Å². The van der Waals surface area contributed by atoms with Crippen molar-refractivity contribution in [2.45, 2.75) is 89.9 Å². The highest BCUT2D eigenvalue weighted by Crippen LogP contribution is 2.40. The van der Waals surface area contributed by atoms with Crippen molar-refractivity contribution in [1.82, 2.24) is 0 Å². The number of ether oxygens (including phenoxy) is 1. The monoisotopic (exact) mass is 430 g/mol. The highest BCUT2D eigenvalue weighted by molar-refractivity contribution is 5.75. The lowest BCUT2D eigenvalue weighted by atomic mass is 9.85. The SMILES string of the molecule is CC(=O)CCC/C=C\C[C@@H]1[C@@H](CC[C@@H](O)CCc2ccccc2)[C@H](O)C[C@@H]1OC(C)=O. The number of allylic oxidation sites excluding steroid dienone is 2. The Morgan fingerprint density at radius 2 is 1.87 bits per heavy atom. The molecule has 2 rings (SSSR count). The summed E-state index contributed by atoms with van der Waals surface area (Å²) in [6, 6.07) is 10.1. The molecule has 0 amide bonds. The van der Waals surface area contributed by atoms with E-state index in [2.05, 4.69) is 24.3 Å². The van der Waals surface area contributed by atoms with Gasteiger partial charge in [0.25, 0.3) is 0 Å². The fraction of sp³-hybridized carbons (Fsp3) is 0.615. The van der Waals surface area contributed by atoms with Gasteiger partial charge in [-0.1, -0.05) is 42.5 Å². The van der Waals surface area contributed by atoms with Gasteiger partial charge in [0.1, 0.15) is 11.9 Å². The zero-order chi connectivity index (χ0) is 22.6. The first kappa shape index (κ1) is 25.3. The number of aryl methyl sites for hydroxylation is 1. The summed E-state index contributed by atoms with van der Waals surface area (Å²) in [5.41, 5.74) is 1.21. The summed E-state index contributed by atoms with van der Waals surface area (Å²) in [6.07, 6.45) is 9.22. The van der Waals surface area contributed by atoms with Gasteiger partial charge >= 0.3 is 5.97 Å². The molecule has 0 aromatic heterocycles. The summed E-state index contributed by atoms with van der Waals surface area (Å²) in [6.45, 7) is 3.01. The van der Waals surface area contributed by atoms with Crippen LogP contribution in [-0.2, 0) is 20.7 Å². The number of rotatable bonds is 13. The third kappa shape index (κ3) is 9.36. The lowest BCUT2D eigenvalue weighted by Crippen LogP contribution is -2.26. The Labute approximate surface area is 186 Å². The third-order valence-electron chi connectivity index (χ3n) is 6.23. The molecule has 31 heavy (non-hydrogen) atoms. The van der Waals surface area contributed by atoms with Crippen LogP contribution in [0.25, 0.3) is 0 Å². The topological polar surface area (TPSA) is 83.8 Å². The molecule has 5 nitrogen and oxygen atoms in total. The van der Waals surface area contributed by atoms with Gasteiger partial charge in [-0.2, -0.15) is 0 Å². The fourth-order valence-electron chi connectivity index (χ4n) is 4.58. The largest absolute Gasteiger partial charge is 0.462 e. The van der Waals surface area contributed by atoms with Crippen molar-refractivity contribution in [3.8, 4) is 0 Å². The quantitative estimate of drug-likeness (QED) is 0.275. The van der Waals surface area contributed by atoms with Gasteiger partial charge in [-0.25, -0.2) is 0 Å². The standard InChI is InChI=1S/C26H38O5/c1-19(27)10-6-3-4-9-13-24-23(25(30)18-26(24)31-20(2)28)17-16-22(29)15-14-21-11-7-5-8-12-21/h4-5,7-9,11-12,22-26,29-30H,3,6,10,13-18H2,1-2H3/b9-4-/t22-,23+,24+,25+,26-/m0/s1. The van der Waals surface area contributed by atoms with Crippen molar-refractivity contribution in [3.63, 3.8) is 0 Å². The molecule has 0 radical (unpaired) electrons. The average molecular weight is 431 g/mol. The lowest BCUT2D eigenvalue weighted by molar-refractivity contribution is -0.148. The molecule has 0 heterocycles. The second-order valence-electron chi connectivity index (χ2n) is 8.84. The van der Waals surface area contributed by atoms with E-state index in [0.29, 0.717) is 32.1 Å². The van der Waals surface area contributed by atoms with Gasteiger partial charge < -0.3 is 19.7 Å². The van der Waals surface area contributed by atoms with Gasteiger partial charge in [0.2, 0.25) is 0 Å². The predicted molar refractivity (Wildman–Crippen MR) is 121 cm³/mol. The van der Waals surface area contributed by atoms with Gasteiger partial charge in [-0.05, 0) is 63.4 Å². The lowest BCUT2D eigenvalue weighted by Gasteiger charge is -2.25. The third-order valence-corrected chi connectivity index (χ3v) is 6.23. The van der Waals surface area contributed by atoms with Crippen LogP contribution in [0.2, 0.25) is 0 Å². The van der Waals surface area contributed by atoms with Gasteiger partial charge in [0, 0.05) is 25.7 Å². The summed E-state index contributed by atoms with van der Waals surface area (Å²) < 4.78 is 5.51. The van der Waals surface area contributed by atoms with E-state index in [9.17, 15) is 19.8 Å². The van der Waals surface area contributed by atoms with E-state index in [0.717, 1.165) is 25.7 Å². The molecule has 5 atom stereocenters. The summed E-state index contributed by atoms with van der Waals surface area (Å²) >= 11 is 0. The average Bonchev–Trinajstić information content (AvgIpc) is 3.01. The summed E-state index contributed by atoms with van der Waals surface area (Å²) in [4.78, 5) is 22.6. The van der Waals surface area contributed by atoms with Crippen molar-refractivity contribution < 1.29 is 24.5 Å². The molecule has 1 aliphatic rings. The van der Waals surface area contributed by atoms with E-state index in [-0.39, 0.29) is 29.7 Å². The minimum absolute atomic E-state index is 0.00223. The first-order valence-electron chi connectivity index (χ1n) is 11.6. The normalized spacial score (nSPS) is 24.4. The molecule has 0 bridgehead atoms. The number of ketones is 1. The molecule has 0 saturated heterocycles. The summed E-state index contributed by atoms with van der Waals surface area (Å²) in [5, 5.41) is 21.1. The molecule has 0 aliphatic heterocycles. The maximum Gasteiger partial charge on any atom is 0.302 e. The number of hydrogen-bond acceptors (Lipinski definition) is 5. The van der Waals surface area contributed by atoms with E-state index in [4.69, 9.17) is 4.74 Å². The Bertz CT molecular complexity index is 699. The van der Waals surface area contributed by atoms with Crippen LogP contribution < -0.4 is 0 Å². The first-order valence-corrected chi connectivity index (χ1v) is 11.6. The predicted octanol–water partition coefficient (Wildman–Crippen LogP) is 4.39. The van der Waals surface area contributed by atoms with Crippen LogP contribution in [0, 0.1) is 11.8 Å². The zero-order valence-electron chi connectivity index (χ0n) is 18.9. The number of aliphatic hydroxyl groups is 2. The molecule has 5 heteroatoms. The number of Topliss-reactive ketones (excluding diaryl/α,β-unsaturated/α-hetero) is 1. The van der Waals surface area contributed by atoms with Gasteiger partial charge in [-0.3, -0.25) is 4.79 Å². The van der Waals surface area contributed by atoms with Crippen molar-refractivity contribution in [1.29, 1.82) is 0 Å². The maximum atomic E-state index is 11.5. The van der Waals surface area contributed by atoms with E-state index in [1.165, 1.54) is 12.5 Å². The van der Waals surface area contributed by atoms with Crippen LogP contribution in [0.4, 0.5) is 0 Å². The van der Waals surface area contributed by atoms with Crippen LogP contribution in [-0.4, -0.2) is 40.3 Å². The van der Waals surface area contributed by atoms with Crippen LogP contribution >= 0.6 is 0 Å². The molecular formula is C26H38O5.